The van der Waals surface area contributed by atoms with Crippen LogP contribution in [0, 0.1) is 0 Å². The van der Waals surface area contributed by atoms with Gasteiger partial charge in [-0.2, -0.15) is 0 Å². The van der Waals surface area contributed by atoms with Crippen LogP contribution in [-0.4, -0.2) is 15.0 Å². The van der Waals surface area contributed by atoms with E-state index < -0.39 is 0 Å². The highest BCUT2D eigenvalue weighted by Gasteiger charge is 2.16. The minimum Gasteiger partial charge on any atom is -0.208 e. The molecule has 0 saturated carbocycles. The molecule has 0 aliphatic heterocycles. The number of allylic oxidation sites excluding steroid dienone is 1. The van der Waals surface area contributed by atoms with Crippen LogP contribution >= 0.6 is 11.3 Å². The molecule has 9 rings (SSSR count). The molecule has 0 radical (unpaired) electrons. The van der Waals surface area contributed by atoms with Crippen LogP contribution in [0.1, 0.15) is 23.6 Å². The smallest absolute Gasteiger partial charge is 0.164 e. The van der Waals surface area contributed by atoms with Gasteiger partial charge in [0, 0.05) is 36.5 Å². The summed E-state index contributed by atoms with van der Waals surface area (Å²) < 4.78 is 2.41. The van der Waals surface area contributed by atoms with Crippen molar-refractivity contribution >= 4 is 82.1 Å². The lowest BCUT2D eigenvalue weighted by molar-refractivity contribution is 1.18. The third kappa shape index (κ3) is 5.27. The van der Waals surface area contributed by atoms with Gasteiger partial charge in [-0.05, 0) is 81.1 Å². The molecule has 0 fully saturated rings. The number of hydrogen-bond acceptors (Lipinski definition) is 4. The summed E-state index contributed by atoms with van der Waals surface area (Å²) in [5, 5.41) is 7.27. The van der Waals surface area contributed by atoms with Crippen LogP contribution in [0.3, 0.4) is 0 Å². The normalized spacial score (nSPS) is 12.1. The van der Waals surface area contributed by atoms with Gasteiger partial charge in [-0.25, -0.2) is 15.0 Å². The zero-order valence-corrected chi connectivity index (χ0v) is 28.3. The number of rotatable bonds is 4. The van der Waals surface area contributed by atoms with Gasteiger partial charge in [0.05, 0.1) is 0 Å². The summed E-state index contributed by atoms with van der Waals surface area (Å²) in [7, 11) is 0. The van der Waals surface area contributed by atoms with Gasteiger partial charge < -0.3 is 0 Å². The van der Waals surface area contributed by atoms with Gasteiger partial charge in [0.25, 0.3) is 0 Å². The van der Waals surface area contributed by atoms with Crippen molar-refractivity contribution in [2.45, 2.75) is 6.92 Å². The quantitative estimate of drug-likeness (QED) is 0.177. The van der Waals surface area contributed by atoms with Crippen molar-refractivity contribution in [2.75, 3.05) is 0 Å². The number of thiophene rings is 1. The van der Waals surface area contributed by atoms with Crippen LogP contribution in [0.5, 0.6) is 0 Å². The van der Waals surface area contributed by atoms with E-state index in [9.17, 15) is 0 Å². The molecule has 0 atom stereocenters. The fraction of sp³-hybridized carbons (Fsp3) is 0.0217. The average Bonchev–Trinajstić information content (AvgIpc) is 3.56. The summed E-state index contributed by atoms with van der Waals surface area (Å²) in [6.45, 7) is 6.89. The molecule has 0 aliphatic rings. The predicted molar refractivity (Wildman–Crippen MR) is 214 cm³/mol. The van der Waals surface area contributed by atoms with Crippen LogP contribution in [0.2, 0.25) is 0 Å². The Morgan fingerprint density at radius 1 is 0.520 bits per heavy atom. The van der Waals surface area contributed by atoms with Crippen molar-refractivity contribution in [3.05, 3.63) is 180 Å². The van der Waals surface area contributed by atoms with Crippen LogP contribution in [-0.2, 0) is 0 Å². The number of benzene rings is 6. The molecule has 0 spiro atoms. The van der Waals surface area contributed by atoms with Gasteiger partial charge in [-0.3, -0.25) is 0 Å². The topological polar surface area (TPSA) is 38.7 Å². The number of hydrogen-bond donors (Lipinski definition) is 0. The van der Waals surface area contributed by atoms with E-state index in [2.05, 4.69) is 141 Å². The predicted octanol–water partition coefficient (Wildman–Crippen LogP) is 11.6. The lowest BCUT2D eigenvalue weighted by atomic mass is 9.88. The van der Waals surface area contributed by atoms with Gasteiger partial charge >= 0.3 is 0 Å². The summed E-state index contributed by atoms with van der Waals surface area (Å²) in [6, 6.07) is 55.5. The molecule has 9 aromatic rings. The third-order valence-electron chi connectivity index (χ3n) is 9.44. The van der Waals surface area contributed by atoms with E-state index in [0.717, 1.165) is 48.8 Å². The average molecular weight is 658 g/mol. The Morgan fingerprint density at radius 3 is 1.98 bits per heavy atom. The second-order valence-corrected chi connectivity index (χ2v) is 13.6. The van der Waals surface area contributed by atoms with Crippen molar-refractivity contribution in [3.63, 3.8) is 0 Å². The molecule has 0 unspecified atom stereocenters. The van der Waals surface area contributed by atoms with E-state index in [4.69, 9.17) is 15.0 Å². The molecule has 4 heteroatoms. The second-order valence-electron chi connectivity index (χ2n) is 12.6. The first-order chi connectivity index (χ1) is 24.6. The standard InChI is InChI=1S/C46H31N3S/c1-29-26-38(42(32-16-8-4-9-17-32)30(2)31-14-6-3-7-15-31)35-24-25-40-39(28-35)43-37(22-13-23-41(43)50-40)46-48-44(33-18-10-5-11-19-33)47-45(49-46)36-21-12-20-34(29)27-36/h3-28H,1H2,2H3/b38-26?,42-30+. The van der Waals surface area contributed by atoms with Crippen LogP contribution < -0.4 is 5.22 Å². The maximum Gasteiger partial charge on any atom is 0.164 e. The summed E-state index contributed by atoms with van der Waals surface area (Å²) >= 11 is 1.80. The SMILES string of the molecule is C=c1cc(/C(=C(\C)c2ccccc2)c2ccccc2)c2ccc3sc4cccc(c5nc(-c6ccccc6)nc(n5)c5cccc1c5)c4c3c2. The van der Waals surface area contributed by atoms with E-state index in [-0.39, 0.29) is 0 Å². The first-order valence-corrected chi connectivity index (χ1v) is 17.5. The molecule has 0 N–H and O–H groups in total. The van der Waals surface area contributed by atoms with Crippen molar-refractivity contribution < 1.29 is 0 Å². The highest BCUT2D eigenvalue weighted by atomic mass is 32.1. The fourth-order valence-corrected chi connectivity index (χ4v) is 8.06. The molecule has 3 heterocycles. The van der Waals surface area contributed by atoms with Crippen LogP contribution in [0.25, 0.3) is 82.1 Å². The Morgan fingerprint density at radius 2 is 1.20 bits per heavy atom. The number of aromatic nitrogens is 3. The maximum atomic E-state index is 5.15. The van der Waals surface area contributed by atoms with E-state index in [1.807, 2.05) is 30.3 Å². The number of nitrogens with zero attached hydrogens (tertiary/aromatic N) is 3. The highest BCUT2D eigenvalue weighted by molar-refractivity contribution is 7.26. The summed E-state index contributed by atoms with van der Waals surface area (Å²) in [6.07, 6.45) is 0. The second kappa shape index (κ2) is 12.3. The summed E-state index contributed by atoms with van der Waals surface area (Å²) in [5.74, 6) is 0.648. The largest absolute Gasteiger partial charge is 0.208 e. The highest BCUT2D eigenvalue weighted by Crippen LogP contribution is 2.40. The van der Waals surface area contributed by atoms with E-state index in [0.29, 0.717) is 17.1 Å². The zero-order valence-electron chi connectivity index (χ0n) is 27.5. The third-order valence-corrected chi connectivity index (χ3v) is 10.6. The lowest BCUT2D eigenvalue weighted by Gasteiger charge is -2.15. The molecule has 3 nitrogen and oxygen atoms in total. The van der Waals surface area contributed by atoms with Gasteiger partial charge in [-0.1, -0.05) is 134 Å². The Hall–Kier alpha value is -6.23. The summed E-state index contributed by atoms with van der Waals surface area (Å²) in [4.78, 5) is 15.3. The van der Waals surface area contributed by atoms with Gasteiger partial charge in [0.15, 0.2) is 17.1 Å². The van der Waals surface area contributed by atoms with E-state index in [1.165, 1.54) is 31.5 Å². The Labute approximate surface area is 293 Å². The molecule has 0 saturated heterocycles. The molecule has 0 aliphatic carbocycles. The molecule has 6 aromatic carbocycles. The molecule has 3 aromatic heterocycles. The maximum absolute atomic E-state index is 5.15. The molecule has 236 valence electrons. The molecular weight excluding hydrogens is 627 g/mol. The number of fused-ring (bicyclic) bond motifs is 7. The monoisotopic (exact) mass is 657 g/mol. The van der Waals surface area contributed by atoms with Crippen molar-refractivity contribution in [1.29, 1.82) is 0 Å². The van der Waals surface area contributed by atoms with Crippen LogP contribution in [0.4, 0.5) is 0 Å². The molecular formula is C46H31N3S. The van der Waals surface area contributed by atoms with Gasteiger partial charge in [0.1, 0.15) is 0 Å². The first kappa shape index (κ1) is 29.9. The van der Waals surface area contributed by atoms with Gasteiger partial charge in [-0.15, -0.1) is 11.3 Å². The minimum absolute atomic E-state index is 0.631. The molecule has 0 amide bonds. The first-order valence-electron chi connectivity index (χ1n) is 16.7. The molecule has 50 heavy (non-hydrogen) atoms. The minimum atomic E-state index is 0.631. The van der Waals surface area contributed by atoms with Gasteiger partial charge in [0.2, 0.25) is 0 Å². The zero-order chi connectivity index (χ0) is 33.6. The van der Waals surface area contributed by atoms with Crippen molar-refractivity contribution in [3.8, 4) is 11.4 Å². The fourth-order valence-electron chi connectivity index (χ4n) is 6.95. The van der Waals surface area contributed by atoms with E-state index >= 15 is 0 Å². The Balaban J connectivity index is 1.50. The van der Waals surface area contributed by atoms with Crippen LogP contribution in [0.15, 0.2) is 158 Å². The Bertz CT molecular complexity index is 2880. The van der Waals surface area contributed by atoms with Crippen molar-refractivity contribution in [2.24, 2.45) is 0 Å². The van der Waals surface area contributed by atoms with Crippen molar-refractivity contribution in [1.82, 2.24) is 15.0 Å². The molecule has 6 bridgehead atoms. The van der Waals surface area contributed by atoms with E-state index in [1.54, 1.807) is 11.3 Å². The Kier molecular flexibility index (Phi) is 7.37. The summed E-state index contributed by atoms with van der Waals surface area (Å²) in [5.41, 5.74) is 8.05. The lowest BCUT2D eigenvalue weighted by Crippen LogP contribution is -2.01.